The van der Waals surface area contributed by atoms with Crippen LogP contribution in [0.4, 0.5) is 0 Å². The number of nitrogens with zero attached hydrogens (tertiary/aromatic N) is 1. The highest BCUT2D eigenvalue weighted by Crippen LogP contribution is 2.35. The minimum Gasteiger partial charge on any atom is -0.386 e. The van der Waals surface area contributed by atoms with Crippen LogP contribution in [0.25, 0.3) is 12.2 Å². The van der Waals surface area contributed by atoms with Gasteiger partial charge in [0.15, 0.2) is 0 Å². The van der Waals surface area contributed by atoms with Crippen LogP contribution >= 0.6 is 0 Å². The lowest BCUT2D eigenvalue weighted by atomic mass is 9.87. The number of ether oxygens (including phenoxy) is 1. The van der Waals surface area contributed by atoms with Gasteiger partial charge in [0.1, 0.15) is 0 Å². The SMILES string of the molecule is O[C@H]1c2cc3c(cc2C=C[C@@H]1N1CCOCC1)CC=C3. The van der Waals surface area contributed by atoms with E-state index in [9.17, 15) is 5.11 Å². The van der Waals surface area contributed by atoms with Crippen LogP contribution in [0.5, 0.6) is 0 Å². The Balaban J connectivity index is 1.67. The highest BCUT2D eigenvalue weighted by atomic mass is 16.5. The Morgan fingerprint density at radius 3 is 2.80 bits per heavy atom. The first kappa shape index (κ1) is 12.3. The van der Waals surface area contributed by atoms with Crippen LogP contribution in [0.1, 0.15) is 28.4 Å². The minimum absolute atomic E-state index is 0.0785. The summed E-state index contributed by atoms with van der Waals surface area (Å²) in [5.41, 5.74) is 4.86. The first-order valence-corrected chi connectivity index (χ1v) is 7.34. The van der Waals surface area contributed by atoms with E-state index < -0.39 is 6.10 Å². The van der Waals surface area contributed by atoms with Crippen molar-refractivity contribution in [2.24, 2.45) is 0 Å². The quantitative estimate of drug-likeness (QED) is 0.846. The fourth-order valence-electron chi connectivity index (χ4n) is 3.43. The second-order valence-electron chi connectivity index (χ2n) is 5.73. The van der Waals surface area contributed by atoms with Gasteiger partial charge in [0.25, 0.3) is 0 Å². The largest absolute Gasteiger partial charge is 0.386 e. The van der Waals surface area contributed by atoms with Crippen molar-refractivity contribution in [3.63, 3.8) is 0 Å². The van der Waals surface area contributed by atoms with Crippen LogP contribution in [0.15, 0.2) is 24.3 Å². The van der Waals surface area contributed by atoms with Crippen molar-refractivity contribution < 1.29 is 9.84 Å². The third-order valence-electron chi connectivity index (χ3n) is 4.56. The fourth-order valence-corrected chi connectivity index (χ4v) is 3.43. The number of hydrogen-bond donors (Lipinski definition) is 1. The summed E-state index contributed by atoms with van der Waals surface area (Å²) >= 11 is 0. The average Bonchev–Trinajstić information content (AvgIpc) is 2.94. The smallest absolute Gasteiger partial charge is 0.0987 e. The lowest BCUT2D eigenvalue weighted by molar-refractivity contribution is -0.00816. The molecule has 1 saturated heterocycles. The van der Waals surface area contributed by atoms with Gasteiger partial charge in [-0.3, -0.25) is 4.90 Å². The zero-order valence-corrected chi connectivity index (χ0v) is 11.5. The van der Waals surface area contributed by atoms with Crippen molar-refractivity contribution in [2.75, 3.05) is 26.3 Å². The molecular formula is C17H19NO2. The summed E-state index contributed by atoms with van der Waals surface area (Å²) in [6.45, 7) is 3.31. The second kappa shape index (κ2) is 4.85. The number of aliphatic hydroxyl groups excluding tert-OH is 1. The zero-order chi connectivity index (χ0) is 13.5. The van der Waals surface area contributed by atoms with E-state index in [-0.39, 0.29) is 6.04 Å². The predicted octanol–water partition coefficient (Wildman–Crippen LogP) is 2.02. The molecule has 2 atom stereocenters. The Morgan fingerprint density at radius 1 is 1.10 bits per heavy atom. The van der Waals surface area contributed by atoms with Gasteiger partial charge in [-0.25, -0.2) is 0 Å². The van der Waals surface area contributed by atoms with Crippen molar-refractivity contribution in [2.45, 2.75) is 18.6 Å². The Hall–Kier alpha value is -1.42. The Morgan fingerprint density at radius 2 is 1.95 bits per heavy atom. The van der Waals surface area contributed by atoms with Gasteiger partial charge < -0.3 is 9.84 Å². The molecule has 3 nitrogen and oxygen atoms in total. The van der Waals surface area contributed by atoms with Crippen molar-refractivity contribution in [1.82, 2.24) is 4.90 Å². The molecule has 1 N–H and O–H groups in total. The standard InChI is InChI=1S/C17H19NO2/c19-17-15-11-13-3-1-2-12(13)10-14(15)4-5-16(17)18-6-8-20-9-7-18/h1,3-5,10-11,16-17,19H,2,6-9H2/t16-,17-/m0/s1. The molecule has 3 aliphatic rings. The van der Waals surface area contributed by atoms with Crippen molar-refractivity contribution in [1.29, 1.82) is 0 Å². The Kier molecular flexibility index (Phi) is 2.99. The molecule has 3 heteroatoms. The number of rotatable bonds is 1. The van der Waals surface area contributed by atoms with Gasteiger partial charge in [0, 0.05) is 13.1 Å². The molecule has 0 spiro atoms. The summed E-state index contributed by atoms with van der Waals surface area (Å²) in [7, 11) is 0. The predicted molar refractivity (Wildman–Crippen MR) is 79.4 cm³/mol. The maximum Gasteiger partial charge on any atom is 0.0987 e. The molecule has 0 aromatic heterocycles. The molecule has 20 heavy (non-hydrogen) atoms. The number of allylic oxidation sites excluding steroid dienone is 1. The summed E-state index contributed by atoms with van der Waals surface area (Å²) in [5, 5.41) is 10.7. The van der Waals surface area contributed by atoms with Crippen molar-refractivity contribution in [3.8, 4) is 0 Å². The van der Waals surface area contributed by atoms with Crippen molar-refractivity contribution in [3.05, 3.63) is 46.5 Å². The first-order chi connectivity index (χ1) is 9.83. The lowest BCUT2D eigenvalue weighted by Crippen LogP contribution is -2.46. The van der Waals surface area contributed by atoms with E-state index >= 15 is 0 Å². The van der Waals surface area contributed by atoms with E-state index in [2.05, 4.69) is 41.3 Å². The van der Waals surface area contributed by atoms with Crippen LogP contribution in [-0.4, -0.2) is 42.4 Å². The zero-order valence-electron chi connectivity index (χ0n) is 11.5. The van der Waals surface area contributed by atoms with E-state index in [1.807, 2.05) is 0 Å². The maximum absolute atomic E-state index is 10.7. The molecule has 0 saturated carbocycles. The maximum atomic E-state index is 10.7. The second-order valence-corrected chi connectivity index (χ2v) is 5.73. The molecule has 0 bridgehead atoms. The highest BCUT2D eigenvalue weighted by Gasteiger charge is 2.30. The van der Waals surface area contributed by atoms with Crippen LogP contribution in [0.2, 0.25) is 0 Å². The Labute approximate surface area is 119 Å². The molecule has 0 amide bonds. The molecule has 1 aliphatic heterocycles. The average molecular weight is 269 g/mol. The molecular weight excluding hydrogens is 250 g/mol. The molecule has 0 unspecified atom stereocenters. The van der Waals surface area contributed by atoms with Gasteiger partial charge >= 0.3 is 0 Å². The minimum atomic E-state index is -0.438. The van der Waals surface area contributed by atoms with Gasteiger partial charge in [-0.15, -0.1) is 0 Å². The number of hydrogen-bond acceptors (Lipinski definition) is 3. The highest BCUT2D eigenvalue weighted by molar-refractivity contribution is 5.68. The summed E-state index contributed by atoms with van der Waals surface area (Å²) in [6, 6.07) is 4.46. The van der Waals surface area contributed by atoms with E-state index in [4.69, 9.17) is 4.74 Å². The van der Waals surface area contributed by atoms with E-state index in [1.165, 1.54) is 16.7 Å². The lowest BCUT2D eigenvalue weighted by Gasteiger charge is -2.37. The number of benzene rings is 1. The first-order valence-electron chi connectivity index (χ1n) is 7.34. The van der Waals surface area contributed by atoms with Gasteiger partial charge in [-0.1, -0.05) is 30.4 Å². The summed E-state index contributed by atoms with van der Waals surface area (Å²) < 4.78 is 5.40. The topological polar surface area (TPSA) is 32.7 Å². The molecule has 4 rings (SSSR count). The van der Waals surface area contributed by atoms with Crippen LogP contribution in [0.3, 0.4) is 0 Å². The van der Waals surface area contributed by atoms with E-state index in [0.29, 0.717) is 0 Å². The molecule has 104 valence electrons. The third-order valence-corrected chi connectivity index (χ3v) is 4.56. The van der Waals surface area contributed by atoms with Crippen LogP contribution in [0, 0.1) is 0 Å². The van der Waals surface area contributed by atoms with Gasteiger partial charge in [-0.05, 0) is 34.7 Å². The normalized spacial score (nSPS) is 28.4. The number of aliphatic hydroxyl groups is 1. The molecule has 1 heterocycles. The summed E-state index contributed by atoms with van der Waals surface area (Å²) in [5.74, 6) is 0. The van der Waals surface area contributed by atoms with Crippen molar-refractivity contribution >= 4 is 12.2 Å². The molecule has 1 aromatic carbocycles. The third kappa shape index (κ3) is 1.94. The monoisotopic (exact) mass is 269 g/mol. The fraction of sp³-hybridized carbons (Fsp3) is 0.412. The summed E-state index contributed by atoms with van der Waals surface area (Å²) in [4.78, 5) is 2.32. The summed E-state index contributed by atoms with van der Waals surface area (Å²) in [6.07, 6.45) is 9.23. The van der Waals surface area contributed by atoms with E-state index in [0.717, 1.165) is 38.3 Å². The molecule has 2 aliphatic carbocycles. The molecule has 1 fully saturated rings. The van der Waals surface area contributed by atoms with Gasteiger partial charge in [0.2, 0.25) is 0 Å². The Bertz CT molecular complexity index is 585. The van der Waals surface area contributed by atoms with Gasteiger partial charge in [0.05, 0.1) is 25.4 Å². The van der Waals surface area contributed by atoms with Gasteiger partial charge in [-0.2, -0.15) is 0 Å². The number of morpholine rings is 1. The van der Waals surface area contributed by atoms with Crippen LogP contribution in [-0.2, 0) is 11.2 Å². The van der Waals surface area contributed by atoms with E-state index in [1.54, 1.807) is 0 Å². The molecule has 0 radical (unpaired) electrons. The number of fused-ring (bicyclic) bond motifs is 2. The van der Waals surface area contributed by atoms with Crippen LogP contribution < -0.4 is 0 Å². The molecule has 1 aromatic rings.